The number of diazo groups is 1. The van der Waals surface area contributed by atoms with Crippen molar-refractivity contribution >= 4 is 5.97 Å². The number of carbonyl (C=O) groups is 1. The van der Waals surface area contributed by atoms with Gasteiger partial charge in [0.25, 0.3) is 0 Å². The van der Waals surface area contributed by atoms with Gasteiger partial charge >= 0.3 is 6.04 Å². The van der Waals surface area contributed by atoms with Gasteiger partial charge in [-0.3, -0.25) is 0 Å². The van der Waals surface area contributed by atoms with Crippen LogP contribution in [0.2, 0.25) is 0 Å². The van der Waals surface area contributed by atoms with Crippen LogP contribution < -0.4 is 5.11 Å². The predicted molar refractivity (Wildman–Crippen MR) is 30.9 cm³/mol. The SMILES string of the molecule is CC(=O)[O-].CC(C)[N+]#N. The van der Waals surface area contributed by atoms with Crippen molar-refractivity contribution < 1.29 is 9.90 Å². The molecule has 0 atom stereocenters. The Labute approximate surface area is 54.1 Å². The Kier molecular flexibility index (Phi) is 8.27. The van der Waals surface area contributed by atoms with E-state index < -0.39 is 5.97 Å². The molecule has 0 radical (unpaired) electrons. The third-order valence-electron chi connectivity index (χ3n) is 0.231. The Balaban J connectivity index is 0. The second-order valence-electron chi connectivity index (χ2n) is 1.70. The second kappa shape index (κ2) is 6.89. The summed E-state index contributed by atoms with van der Waals surface area (Å²) in [7, 11) is 0. The van der Waals surface area contributed by atoms with Crippen molar-refractivity contribution in [2.24, 2.45) is 0 Å². The van der Waals surface area contributed by atoms with Crippen molar-refractivity contribution in [3.8, 4) is 0 Å². The number of nitrogens with zero attached hydrogens (tertiary/aromatic N) is 2. The van der Waals surface area contributed by atoms with Gasteiger partial charge in [-0.2, -0.15) is 0 Å². The van der Waals surface area contributed by atoms with Gasteiger partial charge in [-0.25, -0.2) is 0 Å². The number of carboxylic acids is 1. The van der Waals surface area contributed by atoms with E-state index in [1.165, 1.54) is 0 Å². The van der Waals surface area contributed by atoms with Gasteiger partial charge in [0.2, 0.25) is 5.39 Å². The summed E-state index contributed by atoms with van der Waals surface area (Å²) in [6.07, 6.45) is 0. The lowest BCUT2D eigenvalue weighted by Crippen LogP contribution is -2.16. The van der Waals surface area contributed by atoms with Crippen LogP contribution in [0.3, 0.4) is 0 Å². The topological polar surface area (TPSA) is 68.3 Å². The van der Waals surface area contributed by atoms with Gasteiger partial charge in [0.15, 0.2) is 0 Å². The number of carbonyl (C=O) groups excluding carboxylic acids is 1. The molecule has 0 aromatic carbocycles. The van der Waals surface area contributed by atoms with Crippen LogP contribution in [0, 0.1) is 5.39 Å². The lowest BCUT2D eigenvalue weighted by atomic mass is 10.4. The zero-order chi connectivity index (χ0) is 7.86. The van der Waals surface area contributed by atoms with Crippen molar-refractivity contribution in [1.29, 1.82) is 5.39 Å². The lowest BCUT2D eigenvalue weighted by Gasteiger charge is -1.77. The molecule has 0 rings (SSSR count). The number of carboxylic acid groups (broad SMARTS) is 1. The van der Waals surface area contributed by atoms with Crippen molar-refractivity contribution in [3.05, 3.63) is 4.98 Å². The molecule has 0 spiro atoms. The van der Waals surface area contributed by atoms with Gasteiger partial charge in [0, 0.05) is 19.8 Å². The van der Waals surface area contributed by atoms with E-state index >= 15 is 0 Å². The van der Waals surface area contributed by atoms with Crippen LogP contribution in [0.4, 0.5) is 0 Å². The predicted octanol–water partition coefficient (Wildman–Crippen LogP) is 0.00408. The molecule has 0 aliphatic heterocycles. The van der Waals surface area contributed by atoms with Crippen molar-refractivity contribution in [2.45, 2.75) is 26.8 Å². The molecule has 4 heteroatoms. The maximum atomic E-state index is 8.89. The van der Waals surface area contributed by atoms with E-state index in [1.54, 1.807) is 13.8 Å². The first kappa shape index (κ1) is 10.8. The molecule has 0 aliphatic carbocycles. The molecule has 0 N–H and O–H groups in total. The van der Waals surface area contributed by atoms with Crippen LogP contribution in [0.15, 0.2) is 0 Å². The number of aliphatic carboxylic acids is 1. The third kappa shape index (κ3) is 208. The molecule has 0 unspecified atom stereocenters. The molecule has 4 nitrogen and oxygen atoms in total. The molecule has 0 aromatic heterocycles. The smallest absolute Gasteiger partial charge is 0.308 e. The first-order chi connectivity index (χ1) is 4.00. The summed E-state index contributed by atoms with van der Waals surface area (Å²) in [5.74, 6) is -1.08. The standard InChI is InChI=1S/C3H7N2.C2H4O2/c1-3(2)5-4;1-2(3)4/h3H,1-2H3;1H3,(H,3,4)/q+1;/p-1. The summed E-state index contributed by atoms with van der Waals surface area (Å²) in [6.45, 7) is 4.58. The van der Waals surface area contributed by atoms with Gasteiger partial charge in [0.05, 0.1) is 0 Å². The number of hydrogen-bond acceptors (Lipinski definition) is 3. The Bertz CT molecular complexity index is 111. The van der Waals surface area contributed by atoms with Crippen LogP contribution in [0.1, 0.15) is 20.8 Å². The summed E-state index contributed by atoms with van der Waals surface area (Å²) < 4.78 is 0. The molecule has 0 aromatic rings. The lowest BCUT2D eigenvalue weighted by molar-refractivity contribution is -0.302. The highest BCUT2D eigenvalue weighted by molar-refractivity contribution is 5.60. The number of hydrogen-bond donors (Lipinski definition) is 0. The first-order valence-corrected chi connectivity index (χ1v) is 2.52. The molecule has 9 heavy (non-hydrogen) atoms. The average molecular weight is 130 g/mol. The van der Waals surface area contributed by atoms with Gasteiger partial charge in [-0.15, -0.1) is 0 Å². The van der Waals surface area contributed by atoms with Crippen molar-refractivity contribution in [3.63, 3.8) is 0 Å². The highest BCUT2D eigenvalue weighted by Gasteiger charge is 1.95. The summed E-state index contributed by atoms with van der Waals surface area (Å²) in [5, 5.41) is 16.7. The van der Waals surface area contributed by atoms with Crippen LogP contribution in [0.5, 0.6) is 0 Å². The zero-order valence-electron chi connectivity index (χ0n) is 5.79. The average Bonchev–Trinajstić information content (AvgIpc) is 1.65. The maximum absolute atomic E-state index is 8.89. The molecule has 0 heterocycles. The van der Waals surface area contributed by atoms with E-state index in [0.717, 1.165) is 6.92 Å². The molecule has 0 saturated heterocycles. The monoisotopic (exact) mass is 130 g/mol. The third-order valence-corrected chi connectivity index (χ3v) is 0.231. The van der Waals surface area contributed by atoms with E-state index in [0.29, 0.717) is 0 Å². The molecule has 0 fully saturated rings. The Morgan fingerprint density at radius 1 is 1.67 bits per heavy atom. The van der Waals surface area contributed by atoms with Crippen LogP contribution in [0.25, 0.3) is 4.98 Å². The van der Waals surface area contributed by atoms with E-state index in [-0.39, 0.29) is 6.04 Å². The Morgan fingerprint density at radius 3 is 1.78 bits per heavy atom. The van der Waals surface area contributed by atoms with Crippen LogP contribution in [-0.2, 0) is 4.79 Å². The maximum Gasteiger partial charge on any atom is 0.308 e. The molecular weight excluding hydrogens is 120 g/mol. The Hall–Kier alpha value is -1.11. The summed E-state index contributed by atoms with van der Waals surface area (Å²) in [4.78, 5) is 11.8. The van der Waals surface area contributed by atoms with Gasteiger partial charge in [0.1, 0.15) is 4.98 Å². The molecule has 0 aliphatic rings. The first-order valence-electron chi connectivity index (χ1n) is 2.52. The minimum absolute atomic E-state index is 0.0648. The normalized spacial score (nSPS) is 7.00. The van der Waals surface area contributed by atoms with Crippen molar-refractivity contribution in [1.82, 2.24) is 0 Å². The highest BCUT2D eigenvalue weighted by Crippen LogP contribution is 1.78. The fourth-order valence-electron chi connectivity index (χ4n) is 0. The minimum atomic E-state index is -1.08. The van der Waals surface area contributed by atoms with E-state index in [2.05, 4.69) is 4.98 Å². The largest absolute Gasteiger partial charge is 0.550 e. The second-order valence-corrected chi connectivity index (χ2v) is 1.70. The fourth-order valence-corrected chi connectivity index (χ4v) is 0. The van der Waals surface area contributed by atoms with Gasteiger partial charge in [-0.05, 0) is 6.92 Å². The van der Waals surface area contributed by atoms with Crippen LogP contribution in [-0.4, -0.2) is 12.0 Å². The van der Waals surface area contributed by atoms with Crippen molar-refractivity contribution in [2.75, 3.05) is 0 Å². The van der Waals surface area contributed by atoms with E-state index in [4.69, 9.17) is 15.3 Å². The highest BCUT2D eigenvalue weighted by atomic mass is 16.4. The van der Waals surface area contributed by atoms with Gasteiger partial charge < -0.3 is 9.90 Å². The quantitative estimate of drug-likeness (QED) is 0.433. The van der Waals surface area contributed by atoms with Gasteiger partial charge in [-0.1, -0.05) is 0 Å². The molecular formula is C5H10N2O2. The zero-order valence-corrected chi connectivity index (χ0v) is 5.79. The fraction of sp³-hybridized carbons (Fsp3) is 0.800. The van der Waals surface area contributed by atoms with E-state index in [9.17, 15) is 0 Å². The molecule has 52 valence electrons. The summed E-state index contributed by atoms with van der Waals surface area (Å²) in [5.41, 5.74) is 0. The summed E-state index contributed by atoms with van der Waals surface area (Å²) >= 11 is 0. The van der Waals surface area contributed by atoms with Crippen LogP contribution >= 0.6 is 0 Å². The molecule has 0 amide bonds. The Morgan fingerprint density at radius 2 is 1.78 bits per heavy atom. The minimum Gasteiger partial charge on any atom is -0.550 e. The van der Waals surface area contributed by atoms with E-state index in [1.807, 2.05) is 0 Å². The summed E-state index contributed by atoms with van der Waals surface area (Å²) in [6, 6.07) is 0.0648. The molecule has 0 bridgehead atoms. The number of rotatable bonds is 0. The molecule has 0 saturated carbocycles.